The van der Waals surface area contributed by atoms with Gasteiger partial charge in [-0.15, -0.1) is 11.3 Å². The number of benzene rings is 1. The smallest absolute Gasteiger partial charge is 0.261 e. The topological polar surface area (TPSA) is 93.4 Å². The minimum atomic E-state index is -0.483. The molecule has 6 nitrogen and oxygen atoms in total. The molecule has 1 heterocycles. The summed E-state index contributed by atoms with van der Waals surface area (Å²) in [5.41, 5.74) is 7.75. The van der Waals surface area contributed by atoms with Crippen molar-refractivity contribution in [3.63, 3.8) is 0 Å². The van der Waals surface area contributed by atoms with Gasteiger partial charge >= 0.3 is 0 Å². The van der Waals surface area contributed by atoms with E-state index in [9.17, 15) is 9.59 Å². The van der Waals surface area contributed by atoms with Crippen LogP contribution in [0.15, 0.2) is 24.3 Å². The van der Waals surface area contributed by atoms with Gasteiger partial charge in [-0.05, 0) is 60.5 Å². The second-order valence-corrected chi connectivity index (χ2v) is 10.00. The summed E-state index contributed by atoms with van der Waals surface area (Å²) in [6, 6.07) is 6.89. The minimum absolute atomic E-state index is 0.111. The fourth-order valence-corrected chi connectivity index (χ4v) is 5.41. The molecule has 8 heteroatoms. The highest BCUT2D eigenvalue weighted by Gasteiger charge is 2.33. The molecular weight excluding hydrogens is 418 g/mol. The van der Waals surface area contributed by atoms with E-state index in [0.717, 1.165) is 29.7 Å². The molecule has 2 aromatic rings. The molecule has 1 aliphatic carbocycles. The summed E-state index contributed by atoms with van der Waals surface area (Å²) in [7, 11) is 1.50. The Morgan fingerprint density at radius 2 is 1.97 bits per heavy atom. The van der Waals surface area contributed by atoms with Gasteiger partial charge < -0.3 is 15.8 Å². The van der Waals surface area contributed by atoms with Gasteiger partial charge in [-0.3, -0.25) is 14.9 Å². The first kappa shape index (κ1) is 22.2. The summed E-state index contributed by atoms with van der Waals surface area (Å²) in [5, 5.41) is 6.37. The predicted molar refractivity (Wildman–Crippen MR) is 124 cm³/mol. The molecule has 1 aromatic carbocycles. The molecule has 1 aromatic heterocycles. The summed E-state index contributed by atoms with van der Waals surface area (Å²) in [6.07, 6.45) is 2.74. The van der Waals surface area contributed by atoms with Crippen molar-refractivity contribution in [2.45, 2.75) is 40.0 Å². The third-order valence-corrected chi connectivity index (χ3v) is 6.92. The van der Waals surface area contributed by atoms with Gasteiger partial charge in [0.1, 0.15) is 10.8 Å². The zero-order valence-electron chi connectivity index (χ0n) is 17.6. The van der Waals surface area contributed by atoms with Crippen molar-refractivity contribution < 1.29 is 14.3 Å². The van der Waals surface area contributed by atoms with E-state index < -0.39 is 5.91 Å². The molecule has 0 bridgehead atoms. The molecular formula is C22H27N3O3S2. The van der Waals surface area contributed by atoms with Crippen LogP contribution in [0.2, 0.25) is 0 Å². The zero-order valence-corrected chi connectivity index (χ0v) is 19.3. The highest BCUT2D eigenvalue weighted by Crippen LogP contribution is 2.44. The molecule has 0 radical (unpaired) electrons. The van der Waals surface area contributed by atoms with Crippen molar-refractivity contribution in [2.75, 3.05) is 12.4 Å². The first-order valence-corrected chi connectivity index (χ1v) is 11.0. The van der Waals surface area contributed by atoms with E-state index >= 15 is 0 Å². The van der Waals surface area contributed by atoms with Crippen LogP contribution in [0.1, 0.15) is 58.3 Å². The van der Waals surface area contributed by atoms with Crippen LogP contribution in [0.4, 0.5) is 5.00 Å². The van der Waals surface area contributed by atoms with Crippen molar-refractivity contribution >= 4 is 45.5 Å². The Morgan fingerprint density at radius 3 is 2.60 bits per heavy atom. The predicted octanol–water partition coefficient (Wildman–Crippen LogP) is 4.13. The SMILES string of the molecule is COc1ccccc1C(=O)NC(=S)Nc1sc2c(c1C(N)=O)CC[C@H](C(C)(C)C)C2. The zero-order chi connectivity index (χ0) is 22.1. The number of amides is 2. The van der Waals surface area contributed by atoms with Gasteiger partial charge in [-0.1, -0.05) is 32.9 Å². The summed E-state index contributed by atoms with van der Waals surface area (Å²) in [6.45, 7) is 6.73. The van der Waals surface area contributed by atoms with Gasteiger partial charge in [0.05, 0.1) is 18.2 Å². The molecule has 2 amide bonds. The molecule has 4 N–H and O–H groups in total. The number of nitrogens with two attached hydrogens (primary N) is 1. The van der Waals surface area contributed by atoms with Crippen LogP contribution in [0, 0.1) is 11.3 Å². The average Bonchev–Trinajstić information content (AvgIpc) is 3.04. The van der Waals surface area contributed by atoms with E-state index in [0.29, 0.717) is 27.8 Å². The first-order chi connectivity index (χ1) is 14.1. The summed E-state index contributed by atoms with van der Waals surface area (Å²) >= 11 is 6.83. The number of anilines is 1. The van der Waals surface area contributed by atoms with Gasteiger partial charge in [-0.2, -0.15) is 0 Å². The fraction of sp³-hybridized carbons (Fsp3) is 0.409. The Bertz CT molecular complexity index is 992. The fourth-order valence-electron chi connectivity index (χ4n) is 3.81. The number of carbonyl (C=O) groups excluding carboxylic acids is 2. The van der Waals surface area contributed by atoms with Gasteiger partial charge in [0.25, 0.3) is 11.8 Å². The number of rotatable bonds is 4. The first-order valence-electron chi connectivity index (χ1n) is 9.81. The molecule has 0 fully saturated rings. The number of hydrogen-bond donors (Lipinski definition) is 3. The number of thiophene rings is 1. The largest absolute Gasteiger partial charge is 0.496 e. The van der Waals surface area contributed by atoms with Crippen LogP contribution in [-0.4, -0.2) is 24.0 Å². The van der Waals surface area contributed by atoms with E-state index in [1.54, 1.807) is 24.3 Å². The lowest BCUT2D eigenvalue weighted by Gasteiger charge is -2.33. The average molecular weight is 446 g/mol. The molecule has 0 spiro atoms. The van der Waals surface area contributed by atoms with Crippen molar-refractivity contribution in [2.24, 2.45) is 17.1 Å². The van der Waals surface area contributed by atoms with Crippen LogP contribution in [-0.2, 0) is 12.8 Å². The van der Waals surface area contributed by atoms with Gasteiger partial charge in [-0.25, -0.2) is 0 Å². The van der Waals surface area contributed by atoms with Crippen LogP contribution in [0.3, 0.4) is 0 Å². The molecule has 3 rings (SSSR count). The number of hydrogen-bond acceptors (Lipinski definition) is 5. The molecule has 0 unspecified atom stereocenters. The van der Waals surface area contributed by atoms with Crippen molar-refractivity contribution in [3.8, 4) is 5.75 Å². The maximum Gasteiger partial charge on any atom is 0.261 e. The van der Waals surface area contributed by atoms with E-state index in [-0.39, 0.29) is 16.4 Å². The van der Waals surface area contributed by atoms with Gasteiger partial charge in [0.15, 0.2) is 5.11 Å². The number of thiocarbonyl (C=S) groups is 1. The summed E-state index contributed by atoms with van der Waals surface area (Å²) in [4.78, 5) is 25.9. The van der Waals surface area contributed by atoms with E-state index in [4.69, 9.17) is 22.7 Å². The minimum Gasteiger partial charge on any atom is -0.496 e. The van der Waals surface area contributed by atoms with Crippen molar-refractivity contribution in [1.82, 2.24) is 5.32 Å². The Balaban J connectivity index is 1.80. The molecule has 0 saturated heterocycles. The molecule has 0 aliphatic heterocycles. The number of fused-ring (bicyclic) bond motifs is 1. The third-order valence-electron chi connectivity index (χ3n) is 5.54. The van der Waals surface area contributed by atoms with Crippen molar-refractivity contribution in [1.29, 1.82) is 0 Å². The van der Waals surface area contributed by atoms with Crippen LogP contribution < -0.4 is 21.1 Å². The number of para-hydroxylation sites is 1. The molecule has 1 aliphatic rings. The Hall–Kier alpha value is -2.45. The van der Waals surface area contributed by atoms with Gasteiger partial charge in [0, 0.05) is 4.88 Å². The standard InChI is InChI=1S/C22H27N3O3S2/c1-22(2,3)12-9-10-14-16(11-12)30-20(17(14)18(23)26)25-21(29)24-19(27)13-7-5-6-8-15(13)28-4/h5-8,12H,9-11H2,1-4H3,(H2,23,26)(H2,24,25,27,29)/t12-/m0/s1. The number of ether oxygens (including phenoxy) is 1. The lowest BCUT2D eigenvalue weighted by molar-refractivity contribution is 0.0972. The quantitative estimate of drug-likeness (QED) is 0.615. The van der Waals surface area contributed by atoms with Crippen molar-refractivity contribution in [3.05, 3.63) is 45.8 Å². The Morgan fingerprint density at radius 1 is 1.27 bits per heavy atom. The van der Waals surface area contributed by atoms with Gasteiger partial charge in [0.2, 0.25) is 0 Å². The Labute approximate surface area is 186 Å². The number of nitrogens with one attached hydrogen (secondary N) is 2. The lowest BCUT2D eigenvalue weighted by atomic mass is 9.72. The van der Waals surface area contributed by atoms with Crippen LogP contribution in [0.25, 0.3) is 0 Å². The molecule has 0 saturated carbocycles. The summed E-state index contributed by atoms with van der Waals surface area (Å²) < 4.78 is 5.23. The second kappa shape index (κ2) is 8.73. The van der Waals surface area contributed by atoms with E-state index in [1.807, 2.05) is 0 Å². The molecule has 160 valence electrons. The highest BCUT2D eigenvalue weighted by atomic mass is 32.1. The van der Waals surface area contributed by atoms with E-state index in [2.05, 4.69) is 31.4 Å². The highest BCUT2D eigenvalue weighted by molar-refractivity contribution is 7.80. The molecule has 30 heavy (non-hydrogen) atoms. The third kappa shape index (κ3) is 4.65. The maximum atomic E-state index is 12.6. The Kier molecular flexibility index (Phi) is 6.47. The number of carbonyl (C=O) groups is 2. The molecule has 1 atom stereocenters. The number of methoxy groups -OCH3 is 1. The second-order valence-electron chi connectivity index (χ2n) is 8.49. The number of primary amides is 1. The van der Waals surface area contributed by atoms with Crippen LogP contribution in [0.5, 0.6) is 5.75 Å². The monoisotopic (exact) mass is 445 g/mol. The normalized spacial score (nSPS) is 15.8. The lowest BCUT2D eigenvalue weighted by Crippen LogP contribution is -2.34. The maximum absolute atomic E-state index is 12.6. The summed E-state index contributed by atoms with van der Waals surface area (Å²) in [5.74, 6) is 0.118. The van der Waals surface area contributed by atoms with E-state index in [1.165, 1.54) is 18.4 Å². The van der Waals surface area contributed by atoms with Crippen LogP contribution >= 0.6 is 23.6 Å².